The van der Waals surface area contributed by atoms with Gasteiger partial charge in [-0.15, -0.1) is 0 Å². The normalized spacial score (nSPS) is 14.2. The summed E-state index contributed by atoms with van der Waals surface area (Å²) in [5, 5.41) is 13.3. The molecular formula is C18H23N3O4. The molecule has 0 unspecified atom stereocenters. The third-order valence-corrected chi connectivity index (χ3v) is 4.41. The van der Waals surface area contributed by atoms with E-state index in [0.29, 0.717) is 6.42 Å². The largest absolute Gasteiger partial charge is 0.497 e. The molecule has 0 atom stereocenters. The van der Waals surface area contributed by atoms with Crippen LogP contribution in [0, 0.1) is 0 Å². The van der Waals surface area contributed by atoms with E-state index in [2.05, 4.69) is 10.00 Å². The SMILES string of the molecule is COc1ccc(CN2CCn3nc(CCC(=O)O)cc3C2)c(OC)c1. The van der Waals surface area contributed by atoms with Crippen LogP contribution in [0.1, 0.15) is 23.4 Å². The zero-order chi connectivity index (χ0) is 17.8. The number of aliphatic carboxylic acids is 1. The number of rotatable bonds is 7. The molecule has 134 valence electrons. The van der Waals surface area contributed by atoms with Gasteiger partial charge in [0.1, 0.15) is 11.5 Å². The van der Waals surface area contributed by atoms with Crippen LogP contribution >= 0.6 is 0 Å². The highest BCUT2D eigenvalue weighted by Gasteiger charge is 2.20. The van der Waals surface area contributed by atoms with Crippen molar-refractivity contribution in [2.45, 2.75) is 32.5 Å². The Balaban J connectivity index is 1.68. The molecule has 1 aliphatic rings. The van der Waals surface area contributed by atoms with Crippen LogP contribution in [0.4, 0.5) is 0 Å². The molecule has 0 saturated carbocycles. The number of benzene rings is 1. The molecule has 0 saturated heterocycles. The molecule has 3 rings (SSSR count). The Hall–Kier alpha value is -2.54. The lowest BCUT2D eigenvalue weighted by molar-refractivity contribution is -0.136. The van der Waals surface area contributed by atoms with Gasteiger partial charge in [-0.1, -0.05) is 6.07 Å². The summed E-state index contributed by atoms with van der Waals surface area (Å²) in [5.74, 6) is 0.806. The summed E-state index contributed by atoms with van der Waals surface area (Å²) in [5.41, 5.74) is 3.09. The first-order valence-corrected chi connectivity index (χ1v) is 8.29. The van der Waals surface area contributed by atoms with Crippen molar-refractivity contribution in [2.75, 3.05) is 20.8 Å². The predicted molar refractivity (Wildman–Crippen MR) is 91.8 cm³/mol. The standard InChI is InChI=1S/C18H23N3O4/c1-24-16-5-3-13(17(10-16)25-2)11-20-7-8-21-15(12-20)9-14(19-21)4-6-18(22)23/h3,5,9-10H,4,6-8,11-12H2,1-2H3,(H,22,23). The number of hydrogen-bond acceptors (Lipinski definition) is 5. The van der Waals surface area contributed by atoms with Crippen molar-refractivity contribution in [3.63, 3.8) is 0 Å². The average Bonchev–Trinajstić information content (AvgIpc) is 3.02. The van der Waals surface area contributed by atoms with Gasteiger partial charge in [-0.25, -0.2) is 0 Å². The van der Waals surface area contributed by atoms with Gasteiger partial charge in [0.25, 0.3) is 0 Å². The van der Waals surface area contributed by atoms with Crippen LogP contribution in [-0.4, -0.2) is 46.5 Å². The van der Waals surface area contributed by atoms with E-state index in [1.807, 2.05) is 28.9 Å². The molecule has 7 nitrogen and oxygen atoms in total. The summed E-state index contributed by atoms with van der Waals surface area (Å²) < 4.78 is 12.7. The van der Waals surface area contributed by atoms with E-state index in [1.165, 1.54) is 0 Å². The van der Waals surface area contributed by atoms with Crippen LogP contribution in [0.3, 0.4) is 0 Å². The van der Waals surface area contributed by atoms with Gasteiger partial charge >= 0.3 is 5.97 Å². The molecule has 1 N–H and O–H groups in total. The highest BCUT2D eigenvalue weighted by atomic mass is 16.5. The number of ether oxygens (including phenoxy) is 2. The number of aryl methyl sites for hydroxylation is 1. The maximum absolute atomic E-state index is 10.7. The minimum absolute atomic E-state index is 0.114. The third kappa shape index (κ3) is 4.11. The molecule has 7 heteroatoms. The fourth-order valence-corrected chi connectivity index (χ4v) is 3.10. The van der Waals surface area contributed by atoms with Gasteiger partial charge in [0.15, 0.2) is 0 Å². The maximum Gasteiger partial charge on any atom is 0.303 e. The molecule has 0 bridgehead atoms. The zero-order valence-corrected chi connectivity index (χ0v) is 14.6. The van der Waals surface area contributed by atoms with E-state index in [9.17, 15) is 4.79 Å². The van der Waals surface area contributed by atoms with Crippen molar-refractivity contribution in [3.05, 3.63) is 41.2 Å². The lowest BCUT2D eigenvalue weighted by Crippen LogP contribution is -2.33. The molecule has 1 aliphatic heterocycles. The van der Waals surface area contributed by atoms with Crippen LogP contribution in [0.5, 0.6) is 11.5 Å². The predicted octanol–water partition coefficient (Wildman–Crippen LogP) is 1.93. The minimum atomic E-state index is -0.792. The minimum Gasteiger partial charge on any atom is -0.497 e. The van der Waals surface area contributed by atoms with Crippen molar-refractivity contribution in [3.8, 4) is 11.5 Å². The van der Waals surface area contributed by atoms with Crippen LogP contribution < -0.4 is 9.47 Å². The topological polar surface area (TPSA) is 76.8 Å². The Morgan fingerprint density at radius 2 is 2.08 bits per heavy atom. The van der Waals surface area contributed by atoms with Crippen molar-refractivity contribution >= 4 is 5.97 Å². The van der Waals surface area contributed by atoms with E-state index in [1.54, 1.807) is 14.2 Å². The quantitative estimate of drug-likeness (QED) is 0.826. The van der Waals surface area contributed by atoms with Crippen LogP contribution in [0.2, 0.25) is 0 Å². The summed E-state index contributed by atoms with van der Waals surface area (Å²) in [7, 11) is 3.31. The molecule has 25 heavy (non-hydrogen) atoms. The van der Waals surface area contributed by atoms with Gasteiger partial charge < -0.3 is 14.6 Å². The van der Waals surface area contributed by atoms with Crippen molar-refractivity contribution in [1.82, 2.24) is 14.7 Å². The number of carboxylic acids is 1. The molecule has 2 aromatic rings. The molecular weight excluding hydrogens is 322 g/mol. The molecule has 1 aromatic heterocycles. The van der Waals surface area contributed by atoms with E-state index in [4.69, 9.17) is 14.6 Å². The first-order chi connectivity index (χ1) is 12.1. The number of aromatic nitrogens is 2. The van der Waals surface area contributed by atoms with Gasteiger partial charge in [0.05, 0.1) is 38.6 Å². The first-order valence-electron chi connectivity index (χ1n) is 8.29. The second-order valence-corrected chi connectivity index (χ2v) is 6.13. The Morgan fingerprint density at radius 1 is 1.24 bits per heavy atom. The fraction of sp³-hybridized carbons (Fsp3) is 0.444. The lowest BCUT2D eigenvalue weighted by atomic mass is 10.1. The number of nitrogens with zero attached hydrogens (tertiary/aromatic N) is 3. The van der Waals surface area contributed by atoms with E-state index in [0.717, 1.165) is 54.6 Å². The molecule has 0 spiro atoms. The van der Waals surface area contributed by atoms with Crippen LogP contribution in [0.25, 0.3) is 0 Å². The van der Waals surface area contributed by atoms with Gasteiger partial charge in [0.2, 0.25) is 0 Å². The number of carboxylic acid groups (broad SMARTS) is 1. The molecule has 0 radical (unpaired) electrons. The maximum atomic E-state index is 10.7. The van der Waals surface area contributed by atoms with Crippen molar-refractivity contribution in [1.29, 1.82) is 0 Å². The fourth-order valence-electron chi connectivity index (χ4n) is 3.10. The lowest BCUT2D eigenvalue weighted by Gasteiger charge is -2.28. The number of fused-ring (bicyclic) bond motifs is 1. The third-order valence-electron chi connectivity index (χ3n) is 4.41. The summed E-state index contributed by atoms with van der Waals surface area (Å²) in [4.78, 5) is 13.0. The smallest absolute Gasteiger partial charge is 0.303 e. The van der Waals surface area contributed by atoms with Gasteiger partial charge in [0, 0.05) is 37.7 Å². The molecule has 0 fully saturated rings. The van der Waals surface area contributed by atoms with E-state index < -0.39 is 5.97 Å². The van der Waals surface area contributed by atoms with Gasteiger partial charge in [-0.2, -0.15) is 5.10 Å². The highest BCUT2D eigenvalue weighted by molar-refractivity contribution is 5.66. The summed E-state index contributed by atoms with van der Waals surface area (Å²) in [6.07, 6.45) is 0.588. The number of methoxy groups -OCH3 is 2. The Kier molecular flexibility index (Phi) is 5.23. The Morgan fingerprint density at radius 3 is 2.80 bits per heavy atom. The zero-order valence-electron chi connectivity index (χ0n) is 14.6. The van der Waals surface area contributed by atoms with Crippen molar-refractivity contribution < 1.29 is 19.4 Å². The van der Waals surface area contributed by atoms with E-state index in [-0.39, 0.29) is 6.42 Å². The molecule has 1 aromatic carbocycles. The number of hydrogen-bond donors (Lipinski definition) is 1. The van der Waals surface area contributed by atoms with Crippen molar-refractivity contribution in [2.24, 2.45) is 0 Å². The Bertz CT molecular complexity index is 757. The van der Waals surface area contributed by atoms with Gasteiger partial charge in [-0.05, 0) is 12.1 Å². The van der Waals surface area contributed by atoms with E-state index >= 15 is 0 Å². The molecule has 0 amide bonds. The second-order valence-electron chi connectivity index (χ2n) is 6.13. The average molecular weight is 345 g/mol. The molecule has 0 aliphatic carbocycles. The van der Waals surface area contributed by atoms with Crippen LogP contribution in [0.15, 0.2) is 24.3 Å². The second kappa shape index (κ2) is 7.57. The van der Waals surface area contributed by atoms with Crippen LogP contribution in [-0.2, 0) is 30.8 Å². The summed E-state index contributed by atoms with van der Waals surface area (Å²) >= 11 is 0. The molecule has 2 heterocycles. The summed E-state index contributed by atoms with van der Waals surface area (Å²) in [6, 6.07) is 7.88. The highest BCUT2D eigenvalue weighted by Crippen LogP contribution is 2.27. The monoisotopic (exact) mass is 345 g/mol. The summed E-state index contributed by atoms with van der Waals surface area (Å²) in [6.45, 7) is 3.27. The van der Waals surface area contributed by atoms with Gasteiger partial charge in [-0.3, -0.25) is 14.4 Å². The first kappa shape index (κ1) is 17.3. The Labute approximate surface area is 146 Å². The number of carbonyl (C=O) groups is 1.